The van der Waals surface area contributed by atoms with E-state index < -0.39 is 39.8 Å². The molecule has 3 aromatic carbocycles. The average molecular weight is 630 g/mol. The predicted octanol–water partition coefficient (Wildman–Crippen LogP) is 5.39. The number of anilines is 1. The number of amides is 1. The number of alkyl halides is 3. The van der Waals surface area contributed by atoms with Gasteiger partial charge in [-0.05, 0) is 72.6 Å². The van der Waals surface area contributed by atoms with E-state index in [9.17, 15) is 31.5 Å². The molecule has 0 radical (unpaired) electrons. The first-order valence-corrected chi connectivity index (χ1v) is 16.7. The van der Waals surface area contributed by atoms with Crippen molar-refractivity contribution >= 4 is 21.6 Å². The van der Waals surface area contributed by atoms with Crippen molar-refractivity contribution in [1.82, 2.24) is 10.6 Å². The molecule has 1 aliphatic heterocycles. The zero-order valence-electron chi connectivity index (χ0n) is 24.4. The van der Waals surface area contributed by atoms with Gasteiger partial charge in [0.15, 0.2) is 0 Å². The fraction of sp³-hybridized carbons (Fsp3) is 0.424. The third-order valence-corrected chi connectivity index (χ3v) is 10.3. The lowest BCUT2D eigenvalue weighted by molar-refractivity contribution is -0.137. The van der Waals surface area contributed by atoms with Crippen LogP contribution in [0.5, 0.6) is 0 Å². The summed E-state index contributed by atoms with van der Waals surface area (Å²) in [7, 11) is -3.45. The number of benzene rings is 3. The zero-order chi connectivity index (χ0) is 31.3. The van der Waals surface area contributed by atoms with Gasteiger partial charge in [0.2, 0.25) is 10.0 Å². The summed E-state index contributed by atoms with van der Waals surface area (Å²) < 4.78 is 66.2. The van der Waals surface area contributed by atoms with Crippen LogP contribution in [0.2, 0.25) is 0 Å². The normalized spacial score (nSPS) is 18.3. The lowest BCUT2D eigenvalue weighted by atomic mass is 9.94. The maximum Gasteiger partial charge on any atom is 0.416 e. The summed E-state index contributed by atoms with van der Waals surface area (Å²) in [4.78, 5) is 13.8. The Kier molecular flexibility index (Phi) is 9.97. The maximum absolute atomic E-state index is 13.8. The molecule has 1 amide bonds. The van der Waals surface area contributed by atoms with Crippen LogP contribution < -0.4 is 14.9 Å². The van der Waals surface area contributed by atoms with Gasteiger partial charge >= 0.3 is 6.18 Å². The minimum Gasteiger partial charge on any atom is -0.390 e. The Bertz CT molecular complexity index is 1540. The molecule has 44 heavy (non-hydrogen) atoms. The second-order valence-corrected chi connectivity index (χ2v) is 13.7. The van der Waals surface area contributed by atoms with Crippen LogP contribution in [-0.2, 0) is 29.2 Å². The summed E-state index contributed by atoms with van der Waals surface area (Å²) in [6, 6.07) is 19.0. The number of hydrogen-bond acceptors (Lipinski definition) is 5. The molecule has 0 bridgehead atoms. The van der Waals surface area contributed by atoms with E-state index in [1.54, 1.807) is 12.1 Å². The second-order valence-electron chi connectivity index (χ2n) is 11.7. The molecule has 1 saturated heterocycles. The molecule has 2 atom stereocenters. The minimum absolute atomic E-state index is 0.0212. The first-order valence-electron chi connectivity index (χ1n) is 15.0. The third-order valence-electron chi connectivity index (χ3n) is 8.43. The Morgan fingerprint density at radius 2 is 1.68 bits per heavy atom. The molecular weight excluding hydrogens is 591 g/mol. The topological polar surface area (TPSA) is 98.7 Å². The highest BCUT2D eigenvalue weighted by atomic mass is 32.2. The molecule has 1 saturated carbocycles. The first-order chi connectivity index (χ1) is 21.0. The fourth-order valence-corrected chi connectivity index (χ4v) is 7.65. The molecule has 7 nitrogen and oxygen atoms in total. The van der Waals surface area contributed by atoms with Crippen molar-refractivity contribution in [1.29, 1.82) is 0 Å². The van der Waals surface area contributed by atoms with Gasteiger partial charge in [-0.3, -0.25) is 9.10 Å². The smallest absolute Gasteiger partial charge is 0.390 e. The van der Waals surface area contributed by atoms with Crippen LogP contribution in [0.15, 0.2) is 72.8 Å². The SMILES string of the molecule is O=C(N[C@@H](Cc1ccccc1)[C@H](O)CNCc1cccc(C(F)(F)F)c1)c1cc(C2CCCC2)cc(N2CCCS2(=O)=O)c1. The van der Waals surface area contributed by atoms with Gasteiger partial charge in [0, 0.05) is 25.2 Å². The number of nitrogens with zero attached hydrogens (tertiary/aromatic N) is 1. The van der Waals surface area contributed by atoms with Gasteiger partial charge in [-0.15, -0.1) is 0 Å². The molecule has 3 aromatic rings. The van der Waals surface area contributed by atoms with Crippen molar-refractivity contribution < 1.29 is 31.5 Å². The van der Waals surface area contributed by atoms with Gasteiger partial charge in [-0.1, -0.05) is 61.4 Å². The molecule has 1 aliphatic carbocycles. The van der Waals surface area contributed by atoms with E-state index in [4.69, 9.17) is 0 Å². The van der Waals surface area contributed by atoms with Crippen LogP contribution in [0, 0.1) is 0 Å². The van der Waals surface area contributed by atoms with Crippen LogP contribution in [0.25, 0.3) is 0 Å². The number of halogens is 3. The molecular formula is C33H38F3N3O4S. The van der Waals surface area contributed by atoms with E-state index >= 15 is 0 Å². The van der Waals surface area contributed by atoms with Gasteiger partial charge in [-0.2, -0.15) is 13.2 Å². The van der Waals surface area contributed by atoms with Crippen LogP contribution in [0.4, 0.5) is 18.9 Å². The summed E-state index contributed by atoms with van der Waals surface area (Å²) in [5.41, 5.74) is 2.32. The van der Waals surface area contributed by atoms with E-state index in [-0.39, 0.29) is 24.8 Å². The van der Waals surface area contributed by atoms with Crippen molar-refractivity contribution in [3.8, 4) is 0 Å². The fourth-order valence-electron chi connectivity index (χ4n) is 6.10. The van der Waals surface area contributed by atoms with Crippen molar-refractivity contribution in [2.45, 2.75) is 69.3 Å². The Hall–Kier alpha value is -3.41. The Morgan fingerprint density at radius 1 is 0.955 bits per heavy atom. The first kappa shape index (κ1) is 32.0. The van der Waals surface area contributed by atoms with Crippen molar-refractivity contribution in [3.63, 3.8) is 0 Å². The van der Waals surface area contributed by atoms with Gasteiger partial charge in [0.1, 0.15) is 0 Å². The number of aliphatic hydroxyl groups excluding tert-OH is 1. The Balaban J connectivity index is 1.35. The molecule has 2 fully saturated rings. The summed E-state index contributed by atoms with van der Waals surface area (Å²) in [5.74, 6) is -0.112. The highest BCUT2D eigenvalue weighted by Gasteiger charge is 2.32. The van der Waals surface area contributed by atoms with E-state index in [2.05, 4.69) is 10.6 Å². The second kappa shape index (κ2) is 13.7. The molecule has 5 rings (SSSR count). The van der Waals surface area contributed by atoms with Crippen LogP contribution in [0.1, 0.15) is 70.6 Å². The molecule has 0 unspecified atom stereocenters. The quantitative estimate of drug-likeness (QED) is 0.264. The monoisotopic (exact) mass is 629 g/mol. The van der Waals surface area contributed by atoms with Gasteiger partial charge in [0.25, 0.3) is 5.91 Å². The van der Waals surface area contributed by atoms with E-state index in [1.165, 1.54) is 10.4 Å². The van der Waals surface area contributed by atoms with Crippen molar-refractivity contribution in [3.05, 3.63) is 101 Å². The molecule has 2 aliphatic rings. The Morgan fingerprint density at radius 3 is 2.36 bits per heavy atom. The molecule has 3 N–H and O–H groups in total. The molecule has 1 heterocycles. The number of sulfonamides is 1. The lowest BCUT2D eigenvalue weighted by Gasteiger charge is -2.26. The van der Waals surface area contributed by atoms with Gasteiger partial charge < -0.3 is 15.7 Å². The summed E-state index contributed by atoms with van der Waals surface area (Å²) in [6.07, 6.45) is -0.566. The Labute approximate surface area is 256 Å². The van der Waals surface area contributed by atoms with Crippen molar-refractivity contribution in [2.24, 2.45) is 0 Å². The predicted molar refractivity (Wildman–Crippen MR) is 164 cm³/mol. The minimum atomic E-state index is -4.45. The highest BCUT2D eigenvalue weighted by Crippen LogP contribution is 2.37. The number of nitrogens with one attached hydrogen (secondary N) is 2. The molecule has 0 aromatic heterocycles. The zero-order valence-corrected chi connectivity index (χ0v) is 25.2. The number of hydrogen-bond donors (Lipinski definition) is 3. The molecule has 0 spiro atoms. The summed E-state index contributed by atoms with van der Waals surface area (Å²) in [6.45, 7) is 0.488. The molecule has 236 valence electrons. The van der Waals surface area contributed by atoms with Crippen LogP contribution >= 0.6 is 0 Å². The summed E-state index contributed by atoms with van der Waals surface area (Å²) in [5, 5.41) is 17.2. The standard InChI is InChI=1S/C33H38F3N3O4S/c34-33(35,36)28-13-6-10-24(16-28)21-37-22-31(40)30(17-23-8-2-1-3-9-23)38-32(41)27-18-26(25-11-4-5-12-25)19-29(20-27)39-14-7-15-44(39,42)43/h1-3,6,8-10,13,16,18-20,25,30-31,37,40H,4-5,7,11-12,14-15,17,21-22H2,(H,38,41)/t30-,31+/m0/s1. The van der Waals surface area contributed by atoms with Crippen LogP contribution in [0.3, 0.4) is 0 Å². The lowest BCUT2D eigenvalue weighted by Crippen LogP contribution is -2.48. The highest BCUT2D eigenvalue weighted by molar-refractivity contribution is 7.93. The molecule has 11 heteroatoms. The number of carbonyl (C=O) groups is 1. The van der Waals surface area contributed by atoms with E-state index in [0.717, 1.165) is 48.9 Å². The largest absolute Gasteiger partial charge is 0.416 e. The van der Waals surface area contributed by atoms with Gasteiger partial charge in [0.05, 0.1) is 29.1 Å². The third kappa shape index (κ3) is 7.99. The van der Waals surface area contributed by atoms with E-state index in [0.29, 0.717) is 36.2 Å². The summed E-state index contributed by atoms with van der Waals surface area (Å²) >= 11 is 0. The number of aliphatic hydroxyl groups is 1. The number of carbonyl (C=O) groups excluding carboxylic acids is 1. The average Bonchev–Trinajstić information content (AvgIpc) is 3.66. The van der Waals surface area contributed by atoms with Crippen LogP contribution in [-0.4, -0.2) is 50.4 Å². The van der Waals surface area contributed by atoms with E-state index in [1.807, 2.05) is 42.5 Å². The number of rotatable bonds is 11. The van der Waals surface area contributed by atoms with Gasteiger partial charge in [-0.25, -0.2) is 8.42 Å². The van der Waals surface area contributed by atoms with Crippen molar-refractivity contribution in [2.75, 3.05) is 23.1 Å². The maximum atomic E-state index is 13.8.